The van der Waals surface area contributed by atoms with E-state index in [0.717, 1.165) is 5.54 Å². The Labute approximate surface area is 327 Å². The monoisotopic (exact) mass is 1010 g/mol. The minimum absolute atomic E-state index is 0.396. The summed E-state index contributed by atoms with van der Waals surface area (Å²) in [4.78, 5) is 74.9. The molecule has 0 aromatic heterocycles. The van der Waals surface area contributed by atoms with E-state index in [2.05, 4.69) is 58.8 Å². The molecule has 0 fully saturated rings. The fraction of sp³-hybridized carbons (Fsp3) is 1.00. The summed E-state index contributed by atoms with van der Waals surface area (Å²) in [6.45, 7) is -12.3. The topological polar surface area (TPSA) is 446 Å². The lowest BCUT2D eigenvalue weighted by Crippen LogP contribution is -2.25. The van der Waals surface area contributed by atoms with Gasteiger partial charge in [0, 0.05) is 31.5 Å². The van der Waals surface area contributed by atoms with Crippen molar-refractivity contribution in [3.63, 3.8) is 0 Å². The second kappa shape index (κ2) is 29.1. The number of nitrogens with one attached hydrogen (secondary N) is 2. The smallest absolute Gasteiger partial charge is 0.396 e. The number of phosphoric acid groups is 7. The van der Waals surface area contributed by atoms with E-state index in [9.17, 15) is 70.3 Å². The second-order valence-corrected chi connectivity index (χ2v) is 20.1. The van der Waals surface area contributed by atoms with E-state index in [1.165, 1.54) is 5.54 Å². The first-order chi connectivity index (χ1) is 26.7. The van der Waals surface area contributed by atoms with Crippen molar-refractivity contribution in [2.75, 3.05) is 106 Å². The Morgan fingerprint density at radius 2 is 0.569 bits per heavy atom. The molecule has 0 saturated carbocycles. The summed E-state index contributed by atoms with van der Waals surface area (Å²) in [5.74, 6) is -2.06. The molecule has 0 spiro atoms. The van der Waals surface area contributed by atoms with Crippen LogP contribution in [0.25, 0.3) is 0 Å². The summed E-state index contributed by atoms with van der Waals surface area (Å²) in [6, 6.07) is 0. The van der Waals surface area contributed by atoms with Crippen LogP contribution in [0, 0.1) is 11.8 Å². The molecule has 350 valence electrons. The van der Waals surface area contributed by atoms with Crippen molar-refractivity contribution in [1.82, 2.24) is 11.1 Å². The van der Waals surface area contributed by atoms with Crippen LogP contribution in [0.2, 0.25) is 0 Å². The molecule has 0 amide bonds. The van der Waals surface area contributed by atoms with Crippen LogP contribution in [0.5, 0.6) is 0 Å². The third kappa shape index (κ3) is 34.1. The SMILES string of the molecule is O=P(O)(O)OCC(CNF)COP(=O)(O)OCCOP(=O)(O)OCCOP(=O)(O)OCCOP(=O)(O)OCCOP(=O)(O)OCCOP(=O)(O)OCC(CO)CNF. The first-order valence-electron chi connectivity index (χ1n) is 15.4. The van der Waals surface area contributed by atoms with Crippen LogP contribution in [-0.2, 0) is 90.8 Å². The van der Waals surface area contributed by atoms with Gasteiger partial charge in [0.25, 0.3) is 0 Å². The predicted molar refractivity (Wildman–Crippen MR) is 181 cm³/mol. The Balaban J connectivity index is 4.27. The molecule has 8 atom stereocenters. The largest absolute Gasteiger partial charge is 0.472 e. The number of phosphoric ester groups is 7. The van der Waals surface area contributed by atoms with Crippen LogP contribution < -0.4 is 11.1 Å². The molecule has 31 nitrogen and oxygen atoms in total. The quantitative estimate of drug-likeness (QED) is 0.0220. The lowest BCUT2D eigenvalue weighted by Gasteiger charge is -2.18. The van der Waals surface area contributed by atoms with Gasteiger partial charge in [0.2, 0.25) is 0 Å². The Morgan fingerprint density at radius 3 is 0.793 bits per heavy atom. The average Bonchev–Trinajstić information content (AvgIpc) is 3.10. The molecule has 0 aliphatic heterocycles. The number of aliphatic hydroxyl groups is 1. The van der Waals surface area contributed by atoms with Gasteiger partial charge in [-0.1, -0.05) is 0 Å². The van der Waals surface area contributed by atoms with Crippen LogP contribution in [-0.4, -0.2) is 150 Å². The normalized spacial score (nSPS) is 19.8. The van der Waals surface area contributed by atoms with Crippen LogP contribution in [0.1, 0.15) is 0 Å². The Kier molecular flexibility index (Phi) is 29.3. The summed E-state index contributed by atoms with van der Waals surface area (Å²) in [5, 5.41) is 8.98. The molecule has 0 saturated heterocycles. The maximum atomic E-state index is 12.4. The second-order valence-electron chi connectivity index (χ2n) is 10.1. The van der Waals surface area contributed by atoms with E-state index in [-0.39, 0.29) is 0 Å². The van der Waals surface area contributed by atoms with Crippen molar-refractivity contribution in [2.45, 2.75) is 0 Å². The van der Waals surface area contributed by atoms with Gasteiger partial charge in [0.15, 0.2) is 0 Å². The highest BCUT2D eigenvalue weighted by Gasteiger charge is 2.30. The van der Waals surface area contributed by atoms with E-state index >= 15 is 0 Å². The van der Waals surface area contributed by atoms with Crippen molar-refractivity contribution in [1.29, 1.82) is 0 Å². The van der Waals surface area contributed by atoms with Gasteiger partial charge in [-0.3, -0.25) is 58.8 Å². The summed E-state index contributed by atoms with van der Waals surface area (Å²) in [5.41, 5.74) is 2.38. The summed E-state index contributed by atoms with van der Waals surface area (Å²) >= 11 is 0. The molecule has 0 aromatic rings. The van der Waals surface area contributed by atoms with Crippen LogP contribution in [0.15, 0.2) is 0 Å². The first-order valence-corrected chi connectivity index (χ1v) is 25.9. The predicted octanol–water partition coefficient (Wildman–Crippen LogP) is 0.0702. The van der Waals surface area contributed by atoms with E-state index in [1.54, 1.807) is 0 Å². The summed E-state index contributed by atoms with van der Waals surface area (Å²) in [7, 11) is -34.1. The van der Waals surface area contributed by atoms with Crippen LogP contribution in [0.4, 0.5) is 8.96 Å². The molecule has 0 aliphatic rings. The molecule has 8 unspecified atom stereocenters. The molecule has 0 aliphatic carbocycles. The van der Waals surface area contributed by atoms with Gasteiger partial charge in [0.1, 0.15) is 0 Å². The third-order valence-electron chi connectivity index (χ3n) is 5.38. The Hall–Kier alpha value is 0.510. The third-order valence-corrected chi connectivity index (χ3v) is 11.9. The maximum Gasteiger partial charge on any atom is 0.472 e. The highest BCUT2D eigenvalue weighted by atomic mass is 31.2. The molecule has 40 heteroatoms. The molecule has 0 bridgehead atoms. The molecule has 58 heavy (non-hydrogen) atoms. The minimum Gasteiger partial charge on any atom is -0.396 e. The van der Waals surface area contributed by atoms with E-state index in [1.807, 2.05) is 0 Å². The maximum absolute atomic E-state index is 12.4. The van der Waals surface area contributed by atoms with Gasteiger partial charge < -0.3 is 44.3 Å². The zero-order valence-corrected chi connectivity index (χ0v) is 35.8. The van der Waals surface area contributed by atoms with Gasteiger partial charge in [-0.25, -0.2) is 32.0 Å². The molecular formula is C18H45F2N2O29P7. The number of hydrogen-bond acceptors (Lipinski definition) is 23. The van der Waals surface area contributed by atoms with E-state index in [4.69, 9.17) is 14.9 Å². The molecule has 0 radical (unpaired) electrons. The fourth-order valence-corrected chi connectivity index (χ4v) is 7.62. The molecule has 0 heterocycles. The molecular weight excluding hydrogens is 963 g/mol. The van der Waals surface area contributed by atoms with Gasteiger partial charge in [-0.2, -0.15) is 11.1 Å². The Bertz CT molecular complexity index is 1490. The van der Waals surface area contributed by atoms with Gasteiger partial charge in [-0.05, 0) is 0 Å². The van der Waals surface area contributed by atoms with Gasteiger partial charge in [0.05, 0.1) is 85.9 Å². The number of hydrogen-bond donors (Lipinski definition) is 11. The lowest BCUT2D eigenvalue weighted by molar-refractivity contribution is 0.0701. The summed E-state index contributed by atoms with van der Waals surface area (Å²) in [6.07, 6.45) is 0. The molecule has 11 N–H and O–H groups in total. The van der Waals surface area contributed by atoms with Gasteiger partial charge >= 0.3 is 54.8 Å². The highest BCUT2D eigenvalue weighted by Crippen LogP contribution is 2.49. The van der Waals surface area contributed by atoms with Crippen LogP contribution >= 0.6 is 54.8 Å². The average molecular weight is 1010 g/mol. The first kappa shape index (κ1) is 58.5. The number of aliphatic hydroxyl groups excluding tert-OH is 1. The number of rotatable bonds is 39. The van der Waals surface area contributed by atoms with E-state index in [0.29, 0.717) is 0 Å². The lowest BCUT2D eigenvalue weighted by atomic mass is 10.2. The summed E-state index contributed by atoms with van der Waals surface area (Å²) < 4.78 is 164. The minimum atomic E-state index is -4.94. The van der Waals surface area contributed by atoms with Crippen molar-refractivity contribution in [3.8, 4) is 0 Å². The molecule has 0 aromatic carbocycles. The Morgan fingerprint density at radius 1 is 0.362 bits per heavy atom. The van der Waals surface area contributed by atoms with Gasteiger partial charge in [-0.15, -0.1) is 8.96 Å². The van der Waals surface area contributed by atoms with Crippen LogP contribution in [0.3, 0.4) is 0 Å². The van der Waals surface area contributed by atoms with E-state index < -0.39 is 172 Å². The number of halogens is 2. The molecule has 0 rings (SSSR count). The van der Waals surface area contributed by atoms with Crippen molar-refractivity contribution in [2.24, 2.45) is 11.8 Å². The standard InChI is InChI=1S/C18H45F2N2O29P7/c19-21-11-17(13-23)14-50-57(35,36)47-9-7-45-55(31,32)43-5-3-41-53(27,28)39-1-2-40-54(29,30)42-4-6-44-56(33,34)46-8-10-48-58(37,38)51-16-18(12-22-20)15-49-52(24,25)26/h17-18,21-23H,1-16H2,(H,27,28)(H,29,30)(H,31,32)(H,33,34)(H,35,36)(H,37,38)(H2,24,25,26). The highest BCUT2D eigenvalue weighted by molar-refractivity contribution is 7.49. The zero-order valence-electron chi connectivity index (χ0n) is 29.5. The van der Waals surface area contributed by atoms with Crippen molar-refractivity contribution in [3.05, 3.63) is 0 Å². The van der Waals surface area contributed by atoms with Crippen molar-refractivity contribution >= 4 is 54.8 Å². The zero-order chi connectivity index (χ0) is 44.6. The fourth-order valence-electron chi connectivity index (χ4n) is 2.91. The van der Waals surface area contributed by atoms with Crippen molar-refractivity contribution < 1.29 is 144 Å².